The predicted molar refractivity (Wildman–Crippen MR) is 141 cm³/mol. The van der Waals surface area contributed by atoms with E-state index in [2.05, 4.69) is 56.4 Å². The van der Waals surface area contributed by atoms with Crippen molar-refractivity contribution in [3.63, 3.8) is 0 Å². The highest BCUT2D eigenvalue weighted by Gasteiger charge is 2.20. The van der Waals surface area contributed by atoms with E-state index in [1.807, 2.05) is 18.2 Å². The van der Waals surface area contributed by atoms with Crippen molar-refractivity contribution in [2.24, 2.45) is 0 Å². The van der Waals surface area contributed by atoms with Gasteiger partial charge < -0.3 is 20.3 Å². The van der Waals surface area contributed by atoms with Crippen LogP contribution in [0.1, 0.15) is 29.9 Å². The molecule has 0 radical (unpaired) electrons. The van der Waals surface area contributed by atoms with Crippen molar-refractivity contribution in [3.8, 4) is 11.8 Å². The summed E-state index contributed by atoms with van der Waals surface area (Å²) in [6, 6.07) is 15.5. The third-order valence-electron chi connectivity index (χ3n) is 6.10. The second kappa shape index (κ2) is 11.2. The largest absolute Gasteiger partial charge is 0.495 e. The van der Waals surface area contributed by atoms with Crippen molar-refractivity contribution in [3.05, 3.63) is 64.9 Å². The Balaban J connectivity index is 1.46. The van der Waals surface area contributed by atoms with Crippen LogP contribution in [0.25, 0.3) is 0 Å². The highest BCUT2D eigenvalue weighted by atomic mass is 35.5. The van der Waals surface area contributed by atoms with Crippen molar-refractivity contribution < 1.29 is 9.53 Å². The molecule has 1 aromatic heterocycles. The van der Waals surface area contributed by atoms with Gasteiger partial charge >= 0.3 is 0 Å². The number of carbonyl (C=O) groups is 1. The van der Waals surface area contributed by atoms with Crippen molar-refractivity contribution in [1.29, 1.82) is 5.26 Å². The Morgan fingerprint density at radius 1 is 1.14 bits per heavy atom. The number of nitriles is 1. The molecule has 9 nitrogen and oxygen atoms in total. The van der Waals surface area contributed by atoms with Gasteiger partial charge in [0.1, 0.15) is 17.5 Å². The number of piperazine rings is 1. The second-order valence-corrected chi connectivity index (χ2v) is 9.03. The Bertz CT molecular complexity index is 1270. The first-order valence-electron chi connectivity index (χ1n) is 11.7. The van der Waals surface area contributed by atoms with Crippen LogP contribution >= 0.6 is 11.6 Å². The molecule has 2 aromatic carbocycles. The minimum atomic E-state index is -0.581. The average molecular weight is 506 g/mol. The van der Waals surface area contributed by atoms with E-state index in [9.17, 15) is 10.1 Å². The maximum absolute atomic E-state index is 13.0. The number of methoxy groups -OCH3 is 1. The Hall–Kier alpha value is -3.87. The quantitative estimate of drug-likeness (QED) is 0.482. The summed E-state index contributed by atoms with van der Waals surface area (Å²) in [6.07, 6.45) is 1.36. The van der Waals surface area contributed by atoms with Crippen LogP contribution in [0.4, 0.5) is 23.0 Å². The zero-order chi connectivity index (χ0) is 25.7. The van der Waals surface area contributed by atoms with E-state index < -0.39 is 5.91 Å². The van der Waals surface area contributed by atoms with E-state index >= 15 is 0 Å². The molecule has 2 N–H and O–H groups in total. The summed E-state index contributed by atoms with van der Waals surface area (Å²) in [5.41, 5.74) is 2.43. The number of rotatable bonds is 7. The molecule has 0 spiro atoms. The van der Waals surface area contributed by atoms with E-state index in [4.69, 9.17) is 16.3 Å². The molecular formula is C26H28ClN7O2. The number of benzene rings is 2. The van der Waals surface area contributed by atoms with Crippen LogP contribution in [0.15, 0.2) is 48.7 Å². The number of para-hydroxylation sites is 1. The minimum absolute atomic E-state index is 0.0244. The molecule has 1 amide bonds. The Morgan fingerprint density at radius 2 is 1.86 bits per heavy atom. The number of ether oxygens (including phenoxy) is 1. The summed E-state index contributed by atoms with van der Waals surface area (Å²) in [6.45, 7) is 8.53. The van der Waals surface area contributed by atoms with E-state index in [1.165, 1.54) is 13.3 Å². The third kappa shape index (κ3) is 5.67. The van der Waals surface area contributed by atoms with E-state index in [0.29, 0.717) is 11.8 Å². The summed E-state index contributed by atoms with van der Waals surface area (Å²) in [5.74, 6) is 0.00218. The van der Waals surface area contributed by atoms with Crippen molar-refractivity contribution in [1.82, 2.24) is 14.9 Å². The van der Waals surface area contributed by atoms with Crippen LogP contribution in [-0.4, -0.2) is 60.1 Å². The van der Waals surface area contributed by atoms with Gasteiger partial charge in [0.05, 0.1) is 23.9 Å². The molecule has 36 heavy (non-hydrogen) atoms. The Kier molecular flexibility index (Phi) is 7.88. The Labute approximate surface area is 215 Å². The lowest BCUT2D eigenvalue weighted by atomic mass is 10.1. The van der Waals surface area contributed by atoms with Crippen LogP contribution < -0.4 is 20.3 Å². The van der Waals surface area contributed by atoms with Crippen LogP contribution in [0.3, 0.4) is 0 Å². The zero-order valence-electron chi connectivity index (χ0n) is 20.5. The molecule has 0 saturated carbocycles. The number of nitrogens with zero attached hydrogens (tertiary/aromatic N) is 5. The number of amides is 1. The van der Waals surface area contributed by atoms with Crippen molar-refractivity contribution in [2.45, 2.75) is 19.9 Å². The first-order chi connectivity index (χ1) is 17.4. The molecule has 0 unspecified atom stereocenters. The average Bonchev–Trinajstić information content (AvgIpc) is 2.90. The van der Waals surface area contributed by atoms with Crippen molar-refractivity contribution in [2.75, 3.05) is 48.8 Å². The number of hydrogen-bond donors (Lipinski definition) is 2. The number of hydrogen-bond acceptors (Lipinski definition) is 8. The summed E-state index contributed by atoms with van der Waals surface area (Å²) in [5, 5.41) is 15.3. The Morgan fingerprint density at radius 3 is 2.50 bits per heavy atom. The number of nitrogens with one attached hydrogen (secondary N) is 2. The highest BCUT2D eigenvalue weighted by Crippen LogP contribution is 2.29. The molecule has 4 rings (SSSR count). The van der Waals surface area contributed by atoms with Crippen LogP contribution in [0.5, 0.6) is 5.75 Å². The monoisotopic (exact) mass is 505 g/mol. The molecule has 10 heteroatoms. The van der Waals surface area contributed by atoms with Gasteiger partial charge in [0.25, 0.3) is 5.91 Å². The number of halogens is 1. The molecule has 186 valence electrons. The maximum Gasteiger partial charge on any atom is 0.276 e. The molecule has 0 atom stereocenters. The van der Waals surface area contributed by atoms with Gasteiger partial charge in [-0.2, -0.15) is 5.26 Å². The first-order valence-corrected chi connectivity index (χ1v) is 12.0. The van der Waals surface area contributed by atoms with Crippen LogP contribution in [0, 0.1) is 11.3 Å². The summed E-state index contributed by atoms with van der Waals surface area (Å²) in [7, 11) is 1.46. The zero-order valence-corrected chi connectivity index (χ0v) is 21.2. The normalized spacial score (nSPS) is 13.8. The fourth-order valence-electron chi connectivity index (χ4n) is 4.06. The van der Waals surface area contributed by atoms with Gasteiger partial charge in [-0.25, -0.2) is 9.97 Å². The second-order valence-electron chi connectivity index (χ2n) is 8.63. The lowest BCUT2D eigenvalue weighted by Crippen LogP contribution is -2.48. The van der Waals surface area contributed by atoms with Gasteiger partial charge in [-0.1, -0.05) is 17.7 Å². The molecule has 1 aliphatic heterocycles. The van der Waals surface area contributed by atoms with Gasteiger partial charge in [-0.05, 0) is 50.2 Å². The number of anilines is 4. The van der Waals surface area contributed by atoms with E-state index in [1.54, 1.807) is 18.2 Å². The molecule has 3 aromatic rings. The summed E-state index contributed by atoms with van der Waals surface area (Å²) in [4.78, 5) is 26.3. The smallest absolute Gasteiger partial charge is 0.276 e. The number of carbonyl (C=O) groups excluding carboxylic acids is 1. The minimum Gasteiger partial charge on any atom is -0.495 e. The SMILES string of the molecule is COc1cccc(C#N)c1NC(=O)c1nc(Nc2ccc(N3CCN(C(C)C)CC3)cc2)ncc1Cl. The van der Waals surface area contributed by atoms with Gasteiger partial charge in [-0.3, -0.25) is 9.69 Å². The van der Waals surface area contributed by atoms with E-state index in [-0.39, 0.29) is 27.9 Å². The van der Waals surface area contributed by atoms with Crippen molar-refractivity contribution >= 4 is 40.5 Å². The highest BCUT2D eigenvalue weighted by molar-refractivity contribution is 6.34. The first kappa shape index (κ1) is 25.2. The molecular weight excluding hydrogens is 478 g/mol. The third-order valence-corrected chi connectivity index (χ3v) is 6.37. The molecule has 1 saturated heterocycles. The van der Waals surface area contributed by atoms with Gasteiger partial charge in [0.2, 0.25) is 5.95 Å². The lowest BCUT2D eigenvalue weighted by molar-refractivity contribution is 0.102. The molecule has 0 aliphatic carbocycles. The number of aromatic nitrogens is 2. The standard InChI is InChI=1S/C26H28ClN7O2/c1-17(2)33-11-13-34(14-12-33)20-9-7-19(8-10-20)30-26-29-16-21(27)24(32-26)25(35)31-23-18(15-28)5-4-6-22(23)36-3/h4-10,16-17H,11-14H2,1-3H3,(H,31,35)(H,29,30,32). The van der Waals surface area contributed by atoms with Crippen LogP contribution in [0.2, 0.25) is 5.02 Å². The van der Waals surface area contributed by atoms with E-state index in [0.717, 1.165) is 37.6 Å². The fourth-order valence-corrected chi connectivity index (χ4v) is 4.24. The topological polar surface area (TPSA) is 106 Å². The van der Waals surface area contributed by atoms with Gasteiger partial charge in [-0.15, -0.1) is 0 Å². The van der Waals surface area contributed by atoms with Crippen LogP contribution in [-0.2, 0) is 0 Å². The molecule has 1 aliphatic rings. The molecule has 0 bridgehead atoms. The van der Waals surface area contributed by atoms with Gasteiger partial charge in [0, 0.05) is 43.6 Å². The summed E-state index contributed by atoms with van der Waals surface area (Å²) < 4.78 is 5.28. The maximum atomic E-state index is 13.0. The molecule has 2 heterocycles. The van der Waals surface area contributed by atoms with Gasteiger partial charge in [0.15, 0.2) is 5.69 Å². The summed E-state index contributed by atoms with van der Waals surface area (Å²) >= 11 is 6.23. The predicted octanol–water partition coefficient (Wildman–Crippen LogP) is 4.54. The molecule has 1 fully saturated rings. The fraction of sp³-hybridized carbons (Fsp3) is 0.308. The lowest BCUT2D eigenvalue weighted by Gasteiger charge is -2.38.